The lowest BCUT2D eigenvalue weighted by atomic mass is 10.3. The van der Waals surface area contributed by atoms with Gasteiger partial charge in [0.15, 0.2) is 0 Å². The third-order valence-corrected chi connectivity index (χ3v) is 2.26. The van der Waals surface area contributed by atoms with E-state index in [4.69, 9.17) is 0 Å². The SMILES string of the molecule is COC(=O)N1C=CC=C[C@@H]2C[C@@H]21. The van der Waals surface area contributed by atoms with E-state index < -0.39 is 0 Å². The second kappa shape index (κ2) is 2.66. The average molecular weight is 165 g/mol. The molecule has 0 radical (unpaired) electrons. The highest BCUT2D eigenvalue weighted by molar-refractivity contribution is 5.70. The summed E-state index contributed by atoms with van der Waals surface area (Å²) in [6.45, 7) is 0. The Morgan fingerprint density at radius 1 is 1.58 bits per heavy atom. The molecule has 0 aromatic carbocycles. The predicted octanol–water partition coefficient (Wildman–Crippen LogP) is 1.53. The van der Waals surface area contributed by atoms with Crippen LogP contribution in [0.15, 0.2) is 24.4 Å². The molecule has 0 N–H and O–H groups in total. The second-order valence-corrected chi connectivity index (χ2v) is 3.07. The number of fused-ring (bicyclic) bond motifs is 1. The quantitative estimate of drug-likeness (QED) is 0.544. The highest BCUT2D eigenvalue weighted by Crippen LogP contribution is 2.38. The van der Waals surface area contributed by atoms with Crippen LogP contribution >= 0.6 is 0 Å². The number of rotatable bonds is 0. The van der Waals surface area contributed by atoms with Crippen LogP contribution in [0.25, 0.3) is 0 Å². The van der Waals surface area contributed by atoms with Crippen LogP contribution in [-0.4, -0.2) is 24.1 Å². The third-order valence-electron chi connectivity index (χ3n) is 2.26. The van der Waals surface area contributed by atoms with Crippen LogP contribution in [0.3, 0.4) is 0 Å². The Labute approximate surface area is 71.3 Å². The zero-order valence-corrected chi connectivity index (χ0v) is 6.93. The summed E-state index contributed by atoms with van der Waals surface area (Å²) in [6.07, 6.45) is 8.55. The molecule has 2 atom stereocenters. The summed E-state index contributed by atoms with van der Waals surface area (Å²) in [4.78, 5) is 12.8. The van der Waals surface area contributed by atoms with Gasteiger partial charge in [0.2, 0.25) is 0 Å². The van der Waals surface area contributed by atoms with Crippen molar-refractivity contribution in [2.75, 3.05) is 7.11 Å². The molecule has 1 aliphatic heterocycles. The topological polar surface area (TPSA) is 29.5 Å². The van der Waals surface area contributed by atoms with E-state index >= 15 is 0 Å². The summed E-state index contributed by atoms with van der Waals surface area (Å²) >= 11 is 0. The van der Waals surface area contributed by atoms with E-state index in [1.165, 1.54) is 7.11 Å². The number of carbonyl (C=O) groups is 1. The van der Waals surface area contributed by atoms with Gasteiger partial charge in [-0.2, -0.15) is 0 Å². The van der Waals surface area contributed by atoms with Crippen LogP contribution in [-0.2, 0) is 4.74 Å². The molecule has 1 fully saturated rings. The van der Waals surface area contributed by atoms with E-state index in [0.29, 0.717) is 12.0 Å². The van der Waals surface area contributed by atoms with Crippen LogP contribution < -0.4 is 0 Å². The molecule has 3 nitrogen and oxygen atoms in total. The van der Waals surface area contributed by atoms with Crippen molar-refractivity contribution < 1.29 is 9.53 Å². The van der Waals surface area contributed by atoms with Gasteiger partial charge in [-0.1, -0.05) is 12.2 Å². The van der Waals surface area contributed by atoms with E-state index in [2.05, 4.69) is 10.8 Å². The first kappa shape index (κ1) is 7.40. The van der Waals surface area contributed by atoms with Crippen LogP contribution in [0.1, 0.15) is 6.42 Å². The first-order valence-electron chi connectivity index (χ1n) is 4.04. The van der Waals surface area contributed by atoms with Crippen molar-refractivity contribution in [1.82, 2.24) is 4.90 Å². The first-order valence-corrected chi connectivity index (χ1v) is 4.04. The zero-order chi connectivity index (χ0) is 8.55. The van der Waals surface area contributed by atoms with Gasteiger partial charge in [0, 0.05) is 18.2 Å². The fraction of sp³-hybridized carbons (Fsp3) is 0.444. The number of allylic oxidation sites excluding steroid dienone is 2. The fourth-order valence-electron chi connectivity index (χ4n) is 1.49. The molecule has 1 amide bonds. The number of hydrogen-bond acceptors (Lipinski definition) is 2. The summed E-state index contributed by atoms with van der Waals surface area (Å²) in [6, 6.07) is 0.340. The molecule has 64 valence electrons. The van der Waals surface area contributed by atoms with Gasteiger partial charge in [0.25, 0.3) is 0 Å². The first-order chi connectivity index (χ1) is 5.83. The minimum atomic E-state index is -0.262. The number of amides is 1. The van der Waals surface area contributed by atoms with Crippen molar-refractivity contribution in [3.63, 3.8) is 0 Å². The smallest absolute Gasteiger partial charge is 0.413 e. The number of ether oxygens (including phenoxy) is 1. The highest BCUT2D eigenvalue weighted by Gasteiger charge is 2.42. The summed E-state index contributed by atoms with van der Waals surface area (Å²) in [7, 11) is 1.41. The Hall–Kier alpha value is -1.25. The van der Waals surface area contributed by atoms with Gasteiger partial charge >= 0.3 is 6.09 Å². The van der Waals surface area contributed by atoms with Gasteiger partial charge < -0.3 is 4.74 Å². The predicted molar refractivity (Wildman–Crippen MR) is 44.4 cm³/mol. The normalized spacial score (nSPS) is 30.9. The van der Waals surface area contributed by atoms with E-state index in [9.17, 15) is 4.79 Å². The molecule has 0 aromatic heterocycles. The summed E-state index contributed by atoms with van der Waals surface area (Å²) in [5.74, 6) is 0.541. The Morgan fingerprint density at radius 2 is 2.42 bits per heavy atom. The molecule has 1 aliphatic carbocycles. The molecular weight excluding hydrogens is 154 g/mol. The lowest BCUT2D eigenvalue weighted by Gasteiger charge is -2.15. The molecule has 0 spiro atoms. The van der Waals surface area contributed by atoms with Gasteiger partial charge in [-0.05, 0) is 12.5 Å². The lowest BCUT2D eigenvalue weighted by molar-refractivity contribution is 0.137. The van der Waals surface area contributed by atoms with Crippen molar-refractivity contribution in [2.45, 2.75) is 12.5 Å². The average Bonchev–Trinajstić information content (AvgIpc) is 2.80. The van der Waals surface area contributed by atoms with E-state index in [1.54, 1.807) is 11.1 Å². The molecular formula is C9H11NO2. The van der Waals surface area contributed by atoms with E-state index in [-0.39, 0.29) is 6.09 Å². The summed E-state index contributed by atoms with van der Waals surface area (Å²) < 4.78 is 4.65. The number of nitrogens with zero attached hydrogens (tertiary/aromatic N) is 1. The lowest BCUT2D eigenvalue weighted by Crippen LogP contribution is -2.28. The van der Waals surface area contributed by atoms with Gasteiger partial charge in [0.05, 0.1) is 7.11 Å². The maximum absolute atomic E-state index is 11.2. The molecule has 1 saturated carbocycles. The number of hydrogen-bond donors (Lipinski definition) is 0. The molecule has 0 unspecified atom stereocenters. The maximum Gasteiger partial charge on any atom is 0.413 e. The van der Waals surface area contributed by atoms with Gasteiger partial charge in [-0.3, -0.25) is 4.90 Å². The van der Waals surface area contributed by atoms with Crippen LogP contribution in [0.2, 0.25) is 0 Å². The Morgan fingerprint density at radius 3 is 3.17 bits per heavy atom. The maximum atomic E-state index is 11.2. The molecule has 3 heteroatoms. The van der Waals surface area contributed by atoms with Gasteiger partial charge in [-0.25, -0.2) is 4.79 Å². The van der Waals surface area contributed by atoms with E-state index in [1.807, 2.05) is 12.2 Å². The molecule has 2 aliphatic rings. The highest BCUT2D eigenvalue weighted by atomic mass is 16.5. The van der Waals surface area contributed by atoms with Crippen molar-refractivity contribution in [3.05, 3.63) is 24.4 Å². The van der Waals surface area contributed by atoms with Crippen molar-refractivity contribution in [1.29, 1.82) is 0 Å². The minimum Gasteiger partial charge on any atom is -0.452 e. The van der Waals surface area contributed by atoms with Crippen molar-refractivity contribution >= 4 is 6.09 Å². The van der Waals surface area contributed by atoms with Crippen LogP contribution in [0.4, 0.5) is 4.79 Å². The molecule has 2 rings (SSSR count). The Bertz CT molecular complexity index is 257. The number of methoxy groups -OCH3 is 1. The molecule has 0 aromatic rings. The third kappa shape index (κ3) is 1.11. The monoisotopic (exact) mass is 165 g/mol. The summed E-state index contributed by atoms with van der Waals surface area (Å²) in [5.41, 5.74) is 0. The van der Waals surface area contributed by atoms with Gasteiger partial charge in [-0.15, -0.1) is 0 Å². The molecule has 12 heavy (non-hydrogen) atoms. The largest absolute Gasteiger partial charge is 0.452 e. The minimum absolute atomic E-state index is 0.262. The van der Waals surface area contributed by atoms with E-state index in [0.717, 1.165) is 6.42 Å². The van der Waals surface area contributed by atoms with Crippen molar-refractivity contribution in [3.8, 4) is 0 Å². The number of carbonyl (C=O) groups excluding carboxylic acids is 1. The Balaban J connectivity index is 2.11. The van der Waals surface area contributed by atoms with Crippen molar-refractivity contribution in [2.24, 2.45) is 5.92 Å². The summed E-state index contributed by atoms with van der Waals surface area (Å²) in [5, 5.41) is 0. The van der Waals surface area contributed by atoms with Gasteiger partial charge in [0.1, 0.15) is 0 Å². The molecule has 1 heterocycles. The Kier molecular flexibility index (Phi) is 1.64. The zero-order valence-electron chi connectivity index (χ0n) is 6.93. The van der Waals surface area contributed by atoms with Crippen LogP contribution in [0.5, 0.6) is 0 Å². The molecule has 0 saturated heterocycles. The van der Waals surface area contributed by atoms with Crippen LogP contribution in [0, 0.1) is 5.92 Å². The standard InChI is InChI=1S/C9H11NO2/c1-12-9(11)10-5-3-2-4-7-6-8(7)10/h2-5,7-8H,6H2,1H3/t7-,8+/m1/s1. The molecule has 0 bridgehead atoms. The fourth-order valence-corrected chi connectivity index (χ4v) is 1.49. The second-order valence-electron chi connectivity index (χ2n) is 3.07.